The van der Waals surface area contributed by atoms with E-state index in [1.54, 1.807) is 6.07 Å². The average Bonchev–Trinajstić information content (AvgIpc) is 2.39. The highest BCUT2D eigenvalue weighted by molar-refractivity contribution is 5.60. The largest absolute Gasteiger partial charge is 0.370 e. The molecule has 0 spiro atoms. The summed E-state index contributed by atoms with van der Waals surface area (Å²) < 4.78 is 0. The van der Waals surface area contributed by atoms with Gasteiger partial charge in [-0.3, -0.25) is 10.1 Å². The van der Waals surface area contributed by atoms with Gasteiger partial charge in [0, 0.05) is 18.7 Å². The molecule has 1 rings (SSSR count). The van der Waals surface area contributed by atoms with Crippen molar-refractivity contribution in [2.45, 2.75) is 52.5 Å². The number of nitrogens with one attached hydrogen (secondary N) is 2. The lowest BCUT2D eigenvalue weighted by atomic mass is 10.1. The molecule has 0 fully saturated rings. The van der Waals surface area contributed by atoms with Crippen molar-refractivity contribution >= 4 is 17.3 Å². The van der Waals surface area contributed by atoms with E-state index >= 15 is 0 Å². The fraction of sp³-hybridized carbons (Fsp3) is 0.643. The van der Waals surface area contributed by atoms with E-state index in [0.717, 1.165) is 19.4 Å². The van der Waals surface area contributed by atoms with Gasteiger partial charge >= 0.3 is 5.69 Å². The summed E-state index contributed by atoms with van der Waals surface area (Å²) in [5.41, 5.74) is 0.0222. The van der Waals surface area contributed by atoms with Crippen LogP contribution in [0.5, 0.6) is 0 Å². The van der Waals surface area contributed by atoms with Crippen LogP contribution in [0.1, 0.15) is 46.5 Å². The van der Waals surface area contributed by atoms with Gasteiger partial charge in [-0.25, -0.2) is 4.98 Å². The van der Waals surface area contributed by atoms with Crippen LogP contribution in [0.3, 0.4) is 0 Å². The minimum Gasteiger partial charge on any atom is -0.370 e. The second kappa shape index (κ2) is 8.35. The van der Waals surface area contributed by atoms with E-state index in [9.17, 15) is 10.1 Å². The summed E-state index contributed by atoms with van der Waals surface area (Å²) in [5, 5.41) is 17.3. The van der Waals surface area contributed by atoms with E-state index in [-0.39, 0.29) is 11.7 Å². The molecule has 0 saturated heterocycles. The molecule has 0 amide bonds. The van der Waals surface area contributed by atoms with E-state index in [2.05, 4.69) is 22.5 Å². The number of rotatable bonds is 9. The minimum atomic E-state index is -0.399. The van der Waals surface area contributed by atoms with E-state index in [4.69, 9.17) is 0 Å². The van der Waals surface area contributed by atoms with Crippen molar-refractivity contribution in [2.24, 2.45) is 0 Å². The maximum absolute atomic E-state index is 11.0. The van der Waals surface area contributed by atoms with Gasteiger partial charge in [0.2, 0.25) is 5.82 Å². The second-order valence-corrected chi connectivity index (χ2v) is 4.89. The van der Waals surface area contributed by atoms with Gasteiger partial charge in [-0.05, 0) is 26.3 Å². The molecule has 0 radical (unpaired) electrons. The Kier molecular flexibility index (Phi) is 6.76. The number of anilines is 2. The first kappa shape index (κ1) is 16.2. The molecule has 1 heterocycles. The predicted octanol–water partition coefficient (Wildman–Crippen LogP) is 3.80. The van der Waals surface area contributed by atoms with Crippen molar-refractivity contribution in [1.29, 1.82) is 0 Å². The fourth-order valence-corrected chi connectivity index (χ4v) is 1.99. The Hall–Kier alpha value is -1.85. The molecule has 2 N–H and O–H groups in total. The molecule has 0 aliphatic carbocycles. The van der Waals surface area contributed by atoms with E-state index in [0.29, 0.717) is 11.6 Å². The molecule has 0 aliphatic rings. The zero-order chi connectivity index (χ0) is 15.0. The van der Waals surface area contributed by atoms with Gasteiger partial charge in [-0.15, -0.1) is 0 Å². The van der Waals surface area contributed by atoms with Gasteiger partial charge < -0.3 is 10.6 Å². The second-order valence-electron chi connectivity index (χ2n) is 4.89. The normalized spacial score (nSPS) is 11.9. The molecule has 1 atom stereocenters. The smallest absolute Gasteiger partial charge is 0.311 e. The van der Waals surface area contributed by atoms with Crippen molar-refractivity contribution in [3.8, 4) is 0 Å². The SMILES string of the molecule is CCCCCC(C)Nc1nc(NCC)ccc1[N+](=O)[O-]. The van der Waals surface area contributed by atoms with Gasteiger partial charge in [-0.2, -0.15) is 0 Å². The summed E-state index contributed by atoms with van der Waals surface area (Å²) >= 11 is 0. The molecule has 0 aliphatic heterocycles. The van der Waals surface area contributed by atoms with Crippen LogP contribution in [0, 0.1) is 10.1 Å². The molecule has 6 nitrogen and oxygen atoms in total. The van der Waals surface area contributed by atoms with Crippen LogP contribution in [-0.4, -0.2) is 22.5 Å². The highest BCUT2D eigenvalue weighted by atomic mass is 16.6. The summed E-state index contributed by atoms with van der Waals surface area (Å²) in [4.78, 5) is 14.9. The van der Waals surface area contributed by atoms with Crippen LogP contribution in [0.15, 0.2) is 12.1 Å². The molecule has 1 unspecified atom stereocenters. The van der Waals surface area contributed by atoms with Gasteiger partial charge in [0.25, 0.3) is 0 Å². The lowest BCUT2D eigenvalue weighted by Crippen LogP contribution is -2.17. The summed E-state index contributed by atoms with van der Waals surface area (Å²) in [6.07, 6.45) is 4.45. The van der Waals surface area contributed by atoms with Crippen LogP contribution in [0.25, 0.3) is 0 Å². The number of unbranched alkanes of at least 4 members (excludes halogenated alkanes) is 2. The Morgan fingerprint density at radius 1 is 1.35 bits per heavy atom. The maximum atomic E-state index is 11.0. The van der Waals surface area contributed by atoms with E-state index in [1.165, 1.54) is 18.9 Å². The summed E-state index contributed by atoms with van der Waals surface area (Å²) in [5.74, 6) is 0.999. The van der Waals surface area contributed by atoms with Gasteiger partial charge in [0.15, 0.2) is 0 Å². The Labute approximate surface area is 120 Å². The molecule has 0 saturated carbocycles. The topological polar surface area (TPSA) is 80.1 Å². The zero-order valence-corrected chi connectivity index (χ0v) is 12.5. The minimum absolute atomic E-state index is 0.0222. The summed E-state index contributed by atoms with van der Waals surface area (Å²) in [6.45, 7) is 6.88. The number of nitrogens with zero attached hydrogens (tertiary/aromatic N) is 2. The van der Waals surface area contributed by atoms with Crippen LogP contribution in [0.2, 0.25) is 0 Å². The molecular formula is C14H24N4O2. The highest BCUT2D eigenvalue weighted by Crippen LogP contribution is 2.25. The monoisotopic (exact) mass is 280 g/mol. The van der Waals surface area contributed by atoms with Crippen molar-refractivity contribution in [3.63, 3.8) is 0 Å². The van der Waals surface area contributed by atoms with Gasteiger partial charge in [0.05, 0.1) is 4.92 Å². The van der Waals surface area contributed by atoms with Crippen molar-refractivity contribution in [2.75, 3.05) is 17.2 Å². The number of nitro groups is 1. The van der Waals surface area contributed by atoms with Crippen molar-refractivity contribution in [3.05, 3.63) is 22.2 Å². The van der Waals surface area contributed by atoms with E-state index < -0.39 is 4.92 Å². The molecule has 20 heavy (non-hydrogen) atoms. The molecule has 112 valence electrons. The lowest BCUT2D eigenvalue weighted by molar-refractivity contribution is -0.384. The first-order chi connectivity index (χ1) is 9.58. The quantitative estimate of drug-likeness (QED) is 0.408. The maximum Gasteiger partial charge on any atom is 0.311 e. The number of pyridine rings is 1. The van der Waals surface area contributed by atoms with Crippen LogP contribution < -0.4 is 10.6 Å². The third kappa shape index (κ3) is 5.03. The Morgan fingerprint density at radius 3 is 2.70 bits per heavy atom. The molecular weight excluding hydrogens is 256 g/mol. The van der Waals surface area contributed by atoms with Crippen LogP contribution >= 0.6 is 0 Å². The third-order valence-electron chi connectivity index (χ3n) is 3.05. The van der Waals surface area contributed by atoms with Crippen molar-refractivity contribution < 1.29 is 4.92 Å². The average molecular weight is 280 g/mol. The number of aromatic nitrogens is 1. The number of hydrogen-bond donors (Lipinski definition) is 2. The van der Waals surface area contributed by atoms with Crippen LogP contribution in [-0.2, 0) is 0 Å². The molecule has 0 bridgehead atoms. The van der Waals surface area contributed by atoms with Gasteiger partial charge in [-0.1, -0.05) is 26.2 Å². The fourth-order valence-electron chi connectivity index (χ4n) is 1.99. The first-order valence-electron chi connectivity index (χ1n) is 7.24. The summed E-state index contributed by atoms with van der Waals surface area (Å²) in [6, 6.07) is 3.30. The van der Waals surface area contributed by atoms with Crippen LogP contribution in [0.4, 0.5) is 17.3 Å². The Morgan fingerprint density at radius 2 is 2.10 bits per heavy atom. The van der Waals surface area contributed by atoms with E-state index in [1.807, 2.05) is 13.8 Å². The highest BCUT2D eigenvalue weighted by Gasteiger charge is 2.17. The molecule has 1 aromatic heterocycles. The van der Waals surface area contributed by atoms with Gasteiger partial charge in [0.1, 0.15) is 5.82 Å². The Bertz CT molecular complexity index is 437. The Balaban J connectivity index is 2.78. The molecule has 1 aromatic rings. The summed E-state index contributed by atoms with van der Waals surface area (Å²) in [7, 11) is 0. The number of hydrogen-bond acceptors (Lipinski definition) is 5. The molecule has 0 aromatic carbocycles. The first-order valence-corrected chi connectivity index (χ1v) is 7.24. The third-order valence-corrected chi connectivity index (χ3v) is 3.05. The zero-order valence-electron chi connectivity index (χ0n) is 12.5. The van der Waals surface area contributed by atoms with Crippen molar-refractivity contribution in [1.82, 2.24) is 4.98 Å². The predicted molar refractivity (Wildman–Crippen MR) is 82.3 cm³/mol. The standard InChI is InChI=1S/C14H24N4O2/c1-4-6-7-8-11(3)16-14-12(18(19)20)9-10-13(17-14)15-5-2/h9-11H,4-8H2,1-3H3,(H2,15,16,17). The lowest BCUT2D eigenvalue weighted by Gasteiger charge is -2.15. The molecule has 6 heteroatoms.